The first-order chi connectivity index (χ1) is 15.1. The van der Waals surface area contributed by atoms with Gasteiger partial charge in [-0.25, -0.2) is 23.7 Å². The van der Waals surface area contributed by atoms with Crippen molar-refractivity contribution in [2.75, 3.05) is 11.9 Å². The number of pyridine rings is 1. The average molecular weight is 417 g/mol. The van der Waals surface area contributed by atoms with Gasteiger partial charge in [-0.05, 0) is 48.4 Å². The summed E-state index contributed by atoms with van der Waals surface area (Å²) in [6.07, 6.45) is 5.17. The summed E-state index contributed by atoms with van der Waals surface area (Å²) in [5.41, 5.74) is 3.55. The fourth-order valence-electron chi connectivity index (χ4n) is 3.79. The Balaban J connectivity index is 1.60. The van der Waals surface area contributed by atoms with Crippen LogP contribution in [-0.4, -0.2) is 30.9 Å². The highest BCUT2D eigenvalue weighted by atomic mass is 19.1. The van der Waals surface area contributed by atoms with Gasteiger partial charge in [-0.3, -0.25) is 4.79 Å². The summed E-state index contributed by atoms with van der Waals surface area (Å²) in [5.74, 6) is 0.270. The van der Waals surface area contributed by atoms with Crippen molar-refractivity contribution < 1.29 is 4.39 Å². The quantitative estimate of drug-likeness (QED) is 0.486. The Morgan fingerprint density at radius 1 is 1.19 bits per heavy atom. The number of halogens is 1. The maximum Gasteiger partial charge on any atom is 0.278 e. The van der Waals surface area contributed by atoms with Crippen LogP contribution in [0.4, 0.5) is 16.0 Å². The molecular weight excluding hydrogens is 397 g/mol. The molecule has 9 heteroatoms. The van der Waals surface area contributed by atoms with Crippen molar-refractivity contribution in [2.24, 2.45) is 0 Å². The van der Waals surface area contributed by atoms with Crippen LogP contribution < -0.4 is 16.2 Å². The van der Waals surface area contributed by atoms with Gasteiger partial charge in [-0.2, -0.15) is 4.98 Å². The maximum atomic E-state index is 13.4. The lowest BCUT2D eigenvalue weighted by atomic mass is 10.0. The van der Waals surface area contributed by atoms with Crippen LogP contribution in [-0.2, 0) is 19.5 Å². The van der Waals surface area contributed by atoms with Crippen molar-refractivity contribution in [2.45, 2.75) is 19.5 Å². The molecule has 0 aliphatic carbocycles. The molecule has 0 radical (unpaired) electrons. The summed E-state index contributed by atoms with van der Waals surface area (Å²) in [7, 11) is 0. The van der Waals surface area contributed by atoms with Gasteiger partial charge in [0.2, 0.25) is 5.95 Å². The van der Waals surface area contributed by atoms with E-state index >= 15 is 0 Å². The number of nitrogens with zero attached hydrogens (tertiary/aromatic N) is 5. The average Bonchev–Trinajstić information content (AvgIpc) is 3.06. The third-order valence-corrected chi connectivity index (χ3v) is 5.26. The van der Waals surface area contributed by atoms with Crippen molar-refractivity contribution >= 4 is 22.7 Å². The zero-order valence-electron chi connectivity index (χ0n) is 16.7. The van der Waals surface area contributed by atoms with Gasteiger partial charge in [-0.15, -0.1) is 6.58 Å². The number of fused-ring (bicyclic) bond motifs is 2. The van der Waals surface area contributed by atoms with Gasteiger partial charge in [0.15, 0.2) is 11.5 Å². The Hall–Kier alpha value is -3.85. The molecule has 0 spiro atoms. The largest absolute Gasteiger partial charge is 0.324 e. The van der Waals surface area contributed by atoms with E-state index in [1.165, 1.54) is 34.1 Å². The molecule has 31 heavy (non-hydrogen) atoms. The summed E-state index contributed by atoms with van der Waals surface area (Å²) in [6, 6.07) is 8.96. The molecule has 156 valence electrons. The predicted molar refractivity (Wildman–Crippen MR) is 116 cm³/mol. The van der Waals surface area contributed by atoms with E-state index in [2.05, 4.69) is 44.3 Å². The van der Waals surface area contributed by atoms with Crippen LogP contribution in [0.1, 0.15) is 11.1 Å². The summed E-state index contributed by atoms with van der Waals surface area (Å²) in [6.45, 7) is 5.78. The Bertz CT molecular complexity index is 1340. The normalized spacial score (nSPS) is 13.2. The van der Waals surface area contributed by atoms with Crippen LogP contribution in [0.25, 0.3) is 16.9 Å². The molecule has 0 atom stereocenters. The zero-order valence-corrected chi connectivity index (χ0v) is 16.7. The van der Waals surface area contributed by atoms with Gasteiger partial charge in [0.05, 0.1) is 12.7 Å². The molecule has 0 fully saturated rings. The molecule has 0 saturated heterocycles. The topological polar surface area (TPSA) is 89.7 Å². The second-order valence-electron chi connectivity index (χ2n) is 7.29. The molecule has 2 N–H and O–H groups in total. The molecule has 0 unspecified atom stereocenters. The van der Waals surface area contributed by atoms with E-state index in [-0.39, 0.29) is 12.1 Å². The fraction of sp³-hybridized carbons (Fsp3) is 0.182. The van der Waals surface area contributed by atoms with Gasteiger partial charge in [-0.1, -0.05) is 12.1 Å². The second-order valence-corrected chi connectivity index (χ2v) is 7.29. The lowest BCUT2D eigenvalue weighted by Gasteiger charge is -2.18. The molecule has 4 heterocycles. The van der Waals surface area contributed by atoms with E-state index in [0.29, 0.717) is 22.8 Å². The maximum absolute atomic E-state index is 13.4. The molecule has 5 rings (SSSR count). The van der Waals surface area contributed by atoms with E-state index < -0.39 is 5.82 Å². The molecular formula is C22H20FN7O. The van der Waals surface area contributed by atoms with Crippen LogP contribution >= 0.6 is 0 Å². The molecule has 1 aromatic carbocycles. The van der Waals surface area contributed by atoms with Crippen LogP contribution in [0.3, 0.4) is 0 Å². The Morgan fingerprint density at radius 3 is 2.90 bits per heavy atom. The van der Waals surface area contributed by atoms with E-state index in [1.807, 2.05) is 6.07 Å². The highest BCUT2D eigenvalue weighted by molar-refractivity contribution is 5.77. The first-order valence-electron chi connectivity index (χ1n) is 9.95. The number of rotatable bonds is 5. The number of anilines is 2. The van der Waals surface area contributed by atoms with Gasteiger partial charge >= 0.3 is 0 Å². The van der Waals surface area contributed by atoms with Crippen LogP contribution in [0.15, 0.2) is 60.2 Å². The molecule has 0 saturated carbocycles. The van der Waals surface area contributed by atoms with Crippen LogP contribution in [0.5, 0.6) is 0 Å². The Labute approximate surface area is 177 Å². The van der Waals surface area contributed by atoms with Crippen LogP contribution in [0.2, 0.25) is 0 Å². The van der Waals surface area contributed by atoms with E-state index in [4.69, 9.17) is 0 Å². The zero-order chi connectivity index (χ0) is 21.4. The highest BCUT2D eigenvalue weighted by Crippen LogP contribution is 2.22. The summed E-state index contributed by atoms with van der Waals surface area (Å²) < 4.78 is 16.4. The lowest BCUT2D eigenvalue weighted by Crippen LogP contribution is -2.23. The smallest absolute Gasteiger partial charge is 0.278 e. The number of benzene rings is 1. The minimum Gasteiger partial charge on any atom is -0.324 e. The molecule has 1 aliphatic heterocycles. The van der Waals surface area contributed by atoms with Gasteiger partial charge < -0.3 is 10.6 Å². The van der Waals surface area contributed by atoms with E-state index in [9.17, 15) is 9.18 Å². The monoisotopic (exact) mass is 417 g/mol. The lowest BCUT2D eigenvalue weighted by molar-refractivity contribution is 0.587. The highest BCUT2D eigenvalue weighted by Gasteiger charge is 2.18. The van der Waals surface area contributed by atoms with E-state index in [1.54, 1.807) is 10.8 Å². The van der Waals surface area contributed by atoms with E-state index in [0.717, 1.165) is 31.4 Å². The number of nitrogens with one attached hydrogen (secondary N) is 2. The Morgan fingerprint density at radius 2 is 2.10 bits per heavy atom. The standard InChI is InChI=1S/C22H20FN7O/c1-2-9-29-21(31)18-13-26-22(27-17-5-3-15-11-24-8-7-14(15)10-17)28-20(18)30(29)19-6-4-16(23)12-25-19/h2-6,10,12-13,24H,1,7-9,11H2,(H,26,27,28). The Kier molecular flexibility index (Phi) is 4.79. The van der Waals surface area contributed by atoms with Crippen molar-refractivity contribution in [1.29, 1.82) is 0 Å². The summed E-state index contributed by atoms with van der Waals surface area (Å²) >= 11 is 0. The first-order valence-corrected chi connectivity index (χ1v) is 9.95. The molecule has 0 amide bonds. The van der Waals surface area contributed by atoms with Gasteiger partial charge in [0.1, 0.15) is 11.2 Å². The third-order valence-electron chi connectivity index (χ3n) is 5.26. The number of allylic oxidation sites excluding steroid dienone is 1. The molecule has 3 aromatic heterocycles. The molecule has 4 aromatic rings. The summed E-state index contributed by atoms with van der Waals surface area (Å²) in [4.78, 5) is 25.9. The third kappa shape index (κ3) is 3.49. The van der Waals surface area contributed by atoms with Crippen molar-refractivity contribution in [1.82, 2.24) is 29.6 Å². The summed E-state index contributed by atoms with van der Waals surface area (Å²) in [5, 5.41) is 6.93. The predicted octanol–water partition coefficient (Wildman–Crippen LogP) is 2.69. The first kappa shape index (κ1) is 19.1. The van der Waals surface area contributed by atoms with Crippen molar-refractivity contribution in [3.63, 3.8) is 0 Å². The SMILES string of the molecule is C=CCn1c(=O)c2cnc(Nc3ccc4c(c3)CCNC4)nc2n1-c1ccc(F)cn1. The fourth-order valence-corrected chi connectivity index (χ4v) is 3.79. The molecule has 8 nitrogen and oxygen atoms in total. The number of aromatic nitrogens is 5. The van der Waals surface area contributed by atoms with Gasteiger partial charge in [0.25, 0.3) is 5.56 Å². The number of hydrogen-bond acceptors (Lipinski definition) is 6. The van der Waals surface area contributed by atoms with Crippen molar-refractivity contribution in [3.05, 3.63) is 82.7 Å². The van der Waals surface area contributed by atoms with Crippen molar-refractivity contribution in [3.8, 4) is 5.82 Å². The minimum absolute atomic E-state index is 0.246. The van der Waals surface area contributed by atoms with Crippen LogP contribution in [0, 0.1) is 5.82 Å². The molecule has 0 bridgehead atoms. The van der Waals surface area contributed by atoms with Gasteiger partial charge in [0, 0.05) is 18.4 Å². The minimum atomic E-state index is -0.461. The number of hydrogen-bond donors (Lipinski definition) is 2. The molecule has 1 aliphatic rings. The second kappa shape index (κ2) is 7.77.